The second-order valence-electron chi connectivity index (χ2n) is 6.40. The summed E-state index contributed by atoms with van der Waals surface area (Å²) in [5.74, 6) is 0.384. The smallest absolute Gasteiger partial charge is 0.251 e. The van der Waals surface area contributed by atoms with Crippen molar-refractivity contribution < 1.29 is 19.1 Å². The molecule has 0 spiro atoms. The molecule has 0 aliphatic rings. The standard InChI is InChI=1S/C21H26N2O4/c1-13-6-7-14(2)17(10-13)15(3)23-20(24)12-22-21(25)16-8-9-18(26-4)19(11-16)27-5/h6-11,15H,12H2,1-5H3,(H,22,25)(H,23,24). The summed E-state index contributed by atoms with van der Waals surface area (Å²) in [5.41, 5.74) is 3.71. The van der Waals surface area contributed by atoms with Crippen LogP contribution < -0.4 is 20.1 Å². The van der Waals surface area contributed by atoms with Gasteiger partial charge in [-0.05, 0) is 50.1 Å². The van der Waals surface area contributed by atoms with E-state index >= 15 is 0 Å². The monoisotopic (exact) mass is 370 g/mol. The molecule has 0 heterocycles. The Bertz CT molecular complexity index is 833. The van der Waals surface area contributed by atoms with Gasteiger partial charge in [-0.3, -0.25) is 9.59 Å². The molecule has 2 amide bonds. The van der Waals surface area contributed by atoms with E-state index in [-0.39, 0.29) is 24.4 Å². The number of hydrogen-bond donors (Lipinski definition) is 2. The molecule has 27 heavy (non-hydrogen) atoms. The lowest BCUT2D eigenvalue weighted by molar-refractivity contribution is -0.120. The number of benzene rings is 2. The van der Waals surface area contributed by atoms with Crippen LogP contribution in [0.1, 0.15) is 40.0 Å². The molecule has 0 bridgehead atoms. The molecular formula is C21H26N2O4. The van der Waals surface area contributed by atoms with E-state index in [0.29, 0.717) is 17.1 Å². The van der Waals surface area contributed by atoms with E-state index in [9.17, 15) is 9.59 Å². The van der Waals surface area contributed by atoms with Crippen LogP contribution in [0, 0.1) is 13.8 Å². The predicted octanol–water partition coefficient (Wildman–Crippen LogP) is 2.93. The highest BCUT2D eigenvalue weighted by atomic mass is 16.5. The van der Waals surface area contributed by atoms with Crippen LogP contribution >= 0.6 is 0 Å². The Balaban J connectivity index is 1.95. The van der Waals surface area contributed by atoms with E-state index in [0.717, 1.165) is 16.7 Å². The fourth-order valence-corrected chi connectivity index (χ4v) is 2.84. The van der Waals surface area contributed by atoms with Gasteiger partial charge in [-0.25, -0.2) is 0 Å². The van der Waals surface area contributed by atoms with Crippen LogP contribution in [-0.2, 0) is 4.79 Å². The van der Waals surface area contributed by atoms with Gasteiger partial charge in [0.05, 0.1) is 26.8 Å². The lowest BCUT2D eigenvalue weighted by Crippen LogP contribution is -2.38. The zero-order valence-electron chi connectivity index (χ0n) is 16.4. The molecule has 0 saturated carbocycles. The van der Waals surface area contributed by atoms with Crippen molar-refractivity contribution in [1.82, 2.24) is 10.6 Å². The minimum atomic E-state index is -0.356. The summed E-state index contributed by atoms with van der Waals surface area (Å²) < 4.78 is 10.3. The van der Waals surface area contributed by atoms with E-state index in [2.05, 4.69) is 16.7 Å². The first-order valence-corrected chi connectivity index (χ1v) is 8.72. The van der Waals surface area contributed by atoms with Crippen molar-refractivity contribution in [2.75, 3.05) is 20.8 Å². The topological polar surface area (TPSA) is 76.7 Å². The third-order valence-electron chi connectivity index (χ3n) is 4.33. The summed E-state index contributed by atoms with van der Waals surface area (Å²) in [5, 5.41) is 5.54. The van der Waals surface area contributed by atoms with Crippen molar-refractivity contribution in [2.45, 2.75) is 26.8 Å². The number of methoxy groups -OCH3 is 2. The second kappa shape index (κ2) is 9.07. The molecule has 0 fully saturated rings. The molecule has 6 nitrogen and oxygen atoms in total. The maximum Gasteiger partial charge on any atom is 0.251 e. The zero-order chi connectivity index (χ0) is 20.0. The Morgan fingerprint density at radius 3 is 2.37 bits per heavy atom. The predicted molar refractivity (Wildman–Crippen MR) is 104 cm³/mol. The Morgan fingerprint density at radius 1 is 1.00 bits per heavy atom. The molecular weight excluding hydrogens is 344 g/mol. The van der Waals surface area contributed by atoms with E-state index < -0.39 is 0 Å². The molecule has 2 N–H and O–H groups in total. The number of carbonyl (C=O) groups is 2. The van der Waals surface area contributed by atoms with Gasteiger partial charge in [-0.2, -0.15) is 0 Å². The number of nitrogens with one attached hydrogen (secondary N) is 2. The molecule has 0 aromatic heterocycles. The van der Waals surface area contributed by atoms with Gasteiger partial charge < -0.3 is 20.1 Å². The summed E-state index contributed by atoms with van der Waals surface area (Å²) in [6.45, 7) is 5.84. The average molecular weight is 370 g/mol. The third-order valence-corrected chi connectivity index (χ3v) is 4.33. The molecule has 0 saturated heterocycles. The van der Waals surface area contributed by atoms with Crippen molar-refractivity contribution in [3.05, 3.63) is 58.7 Å². The molecule has 0 aliphatic carbocycles. The fraction of sp³-hybridized carbons (Fsp3) is 0.333. The van der Waals surface area contributed by atoms with Gasteiger partial charge in [0.15, 0.2) is 11.5 Å². The summed E-state index contributed by atoms with van der Waals surface area (Å²) in [4.78, 5) is 24.5. The Kier molecular flexibility index (Phi) is 6.82. The van der Waals surface area contributed by atoms with Crippen LogP contribution in [0.15, 0.2) is 36.4 Å². The van der Waals surface area contributed by atoms with Crippen molar-refractivity contribution in [1.29, 1.82) is 0 Å². The summed E-state index contributed by atoms with van der Waals surface area (Å²) in [6.07, 6.45) is 0. The molecule has 6 heteroatoms. The number of ether oxygens (including phenoxy) is 2. The van der Waals surface area contributed by atoms with Gasteiger partial charge in [0.25, 0.3) is 5.91 Å². The largest absolute Gasteiger partial charge is 0.493 e. The van der Waals surface area contributed by atoms with Crippen molar-refractivity contribution in [2.24, 2.45) is 0 Å². The van der Waals surface area contributed by atoms with Gasteiger partial charge in [-0.1, -0.05) is 23.8 Å². The third kappa shape index (κ3) is 5.23. The Morgan fingerprint density at radius 2 is 1.70 bits per heavy atom. The quantitative estimate of drug-likeness (QED) is 0.786. The van der Waals surface area contributed by atoms with Crippen LogP contribution in [0.4, 0.5) is 0 Å². The summed E-state index contributed by atoms with van der Waals surface area (Å²) in [6, 6.07) is 10.8. The molecule has 1 atom stereocenters. The van der Waals surface area contributed by atoms with Crippen molar-refractivity contribution in [3.8, 4) is 11.5 Å². The minimum absolute atomic E-state index is 0.109. The van der Waals surface area contributed by atoms with Gasteiger partial charge in [-0.15, -0.1) is 0 Å². The molecule has 2 aromatic rings. The molecule has 2 rings (SSSR count). The van der Waals surface area contributed by atoms with Gasteiger partial charge in [0, 0.05) is 5.56 Å². The molecule has 1 unspecified atom stereocenters. The number of rotatable bonds is 7. The lowest BCUT2D eigenvalue weighted by atomic mass is 10.00. The Hall–Kier alpha value is -3.02. The highest BCUT2D eigenvalue weighted by molar-refractivity contribution is 5.97. The average Bonchev–Trinajstić information content (AvgIpc) is 2.67. The molecule has 144 valence electrons. The van der Waals surface area contributed by atoms with Crippen molar-refractivity contribution in [3.63, 3.8) is 0 Å². The normalized spacial score (nSPS) is 11.4. The van der Waals surface area contributed by atoms with Gasteiger partial charge in [0.1, 0.15) is 0 Å². The van der Waals surface area contributed by atoms with E-state index in [1.165, 1.54) is 14.2 Å². The number of hydrogen-bond acceptors (Lipinski definition) is 4. The number of carbonyl (C=O) groups excluding carboxylic acids is 2. The van der Waals surface area contributed by atoms with E-state index in [1.54, 1.807) is 18.2 Å². The maximum absolute atomic E-state index is 12.3. The zero-order valence-corrected chi connectivity index (χ0v) is 16.4. The SMILES string of the molecule is COc1ccc(C(=O)NCC(=O)NC(C)c2cc(C)ccc2C)cc1OC. The first kappa shape index (κ1) is 20.3. The first-order valence-electron chi connectivity index (χ1n) is 8.72. The molecule has 0 radical (unpaired) electrons. The van der Waals surface area contributed by atoms with Gasteiger partial charge in [0.2, 0.25) is 5.91 Å². The number of aryl methyl sites for hydroxylation is 2. The van der Waals surface area contributed by atoms with Crippen LogP contribution in [-0.4, -0.2) is 32.6 Å². The fourth-order valence-electron chi connectivity index (χ4n) is 2.84. The van der Waals surface area contributed by atoms with E-state index in [1.807, 2.05) is 32.9 Å². The minimum Gasteiger partial charge on any atom is -0.493 e. The summed E-state index contributed by atoms with van der Waals surface area (Å²) >= 11 is 0. The molecule has 0 aliphatic heterocycles. The molecule has 2 aromatic carbocycles. The van der Waals surface area contributed by atoms with Crippen LogP contribution in [0.25, 0.3) is 0 Å². The van der Waals surface area contributed by atoms with Crippen molar-refractivity contribution >= 4 is 11.8 Å². The van der Waals surface area contributed by atoms with E-state index in [4.69, 9.17) is 9.47 Å². The Labute approximate surface area is 159 Å². The summed E-state index contributed by atoms with van der Waals surface area (Å²) in [7, 11) is 3.03. The lowest BCUT2D eigenvalue weighted by Gasteiger charge is -2.17. The van der Waals surface area contributed by atoms with Crippen LogP contribution in [0.2, 0.25) is 0 Å². The highest BCUT2D eigenvalue weighted by Gasteiger charge is 2.14. The highest BCUT2D eigenvalue weighted by Crippen LogP contribution is 2.27. The van der Waals surface area contributed by atoms with Gasteiger partial charge >= 0.3 is 0 Å². The first-order chi connectivity index (χ1) is 12.8. The number of amides is 2. The maximum atomic E-state index is 12.3. The van der Waals surface area contributed by atoms with Crippen LogP contribution in [0.5, 0.6) is 11.5 Å². The van der Waals surface area contributed by atoms with Crippen LogP contribution in [0.3, 0.4) is 0 Å². The second-order valence-corrected chi connectivity index (χ2v) is 6.40.